The summed E-state index contributed by atoms with van der Waals surface area (Å²) in [6, 6.07) is 2.14. The molecule has 0 bridgehead atoms. The standard InChI is InChI=1S/C8H9ClF2N2O/c1-14-4-8(10,11)5-2-6(9)13-7(12)3-5/h2-3H,4H2,1H3,(H2,12,13). The number of halogens is 3. The van der Waals surface area contributed by atoms with Gasteiger partial charge >= 0.3 is 0 Å². The first kappa shape index (κ1) is 11.1. The highest BCUT2D eigenvalue weighted by Gasteiger charge is 2.32. The van der Waals surface area contributed by atoms with Crippen molar-refractivity contribution in [3.63, 3.8) is 0 Å². The van der Waals surface area contributed by atoms with E-state index >= 15 is 0 Å². The third-order valence-corrected chi connectivity index (χ3v) is 1.76. The summed E-state index contributed by atoms with van der Waals surface area (Å²) in [5, 5.41) is -0.0595. The number of nitrogen functional groups attached to an aromatic ring is 1. The van der Waals surface area contributed by atoms with E-state index in [4.69, 9.17) is 17.3 Å². The second-order valence-electron chi connectivity index (χ2n) is 2.74. The predicted octanol–water partition coefficient (Wildman–Crippen LogP) is 2.06. The van der Waals surface area contributed by atoms with Crippen LogP contribution in [0.5, 0.6) is 0 Å². The Labute approximate surface area is 84.8 Å². The van der Waals surface area contributed by atoms with E-state index in [1.165, 1.54) is 7.11 Å². The Balaban J connectivity index is 3.05. The van der Waals surface area contributed by atoms with Gasteiger partial charge in [-0.1, -0.05) is 11.6 Å². The summed E-state index contributed by atoms with van der Waals surface area (Å²) >= 11 is 5.49. The minimum Gasteiger partial charge on any atom is -0.384 e. The Morgan fingerprint density at radius 3 is 2.71 bits per heavy atom. The van der Waals surface area contributed by atoms with Crippen LogP contribution in [0.4, 0.5) is 14.6 Å². The van der Waals surface area contributed by atoms with Crippen molar-refractivity contribution in [1.29, 1.82) is 0 Å². The second kappa shape index (κ2) is 4.06. The Morgan fingerprint density at radius 2 is 2.21 bits per heavy atom. The number of hydrogen-bond donors (Lipinski definition) is 1. The molecule has 1 heterocycles. The van der Waals surface area contributed by atoms with Crippen LogP contribution in [0.15, 0.2) is 12.1 Å². The van der Waals surface area contributed by atoms with Gasteiger partial charge in [0.1, 0.15) is 17.6 Å². The summed E-state index contributed by atoms with van der Waals surface area (Å²) in [6.45, 7) is -0.715. The van der Waals surface area contributed by atoms with Gasteiger partial charge in [-0.2, -0.15) is 8.78 Å². The first-order chi connectivity index (χ1) is 6.45. The van der Waals surface area contributed by atoms with E-state index in [1.807, 2.05) is 0 Å². The van der Waals surface area contributed by atoms with E-state index in [-0.39, 0.29) is 16.5 Å². The maximum absolute atomic E-state index is 13.2. The van der Waals surface area contributed by atoms with Crippen LogP contribution in [0.1, 0.15) is 5.56 Å². The van der Waals surface area contributed by atoms with Crippen LogP contribution in [0.25, 0.3) is 0 Å². The van der Waals surface area contributed by atoms with Crippen LogP contribution in [0.2, 0.25) is 5.15 Å². The molecule has 2 N–H and O–H groups in total. The molecule has 14 heavy (non-hydrogen) atoms. The van der Waals surface area contributed by atoms with Gasteiger partial charge < -0.3 is 10.5 Å². The summed E-state index contributed by atoms with van der Waals surface area (Å²) in [6.07, 6.45) is 0. The molecular weight excluding hydrogens is 214 g/mol. The smallest absolute Gasteiger partial charge is 0.296 e. The summed E-state index contributed by atoms with van der Waals surface area (Å²) < 4.78 is 30.9. The molecule has 0 aliphatic rings. The summed E-state index contributed by atoms with van der Waals surface area (Å²) in [5.74, 6) is -3.14. The largest absolute Gasteiger partial charge is 0.384 e. The fourth-order valence-corrected chi connectivity index (χ4v) is 1.21. The van der Waals surface area contributed by atoms with E-state index in [9.17, 15) is 8.78 Å². The molecule has 0 radical (unpaired) electrons. The number of ether oxygens (including phenoxy) is 1. The van der Waals surface area contributed by atoms with Crippen molar-refractivity contribution in [1.82, 2.24) is 4.98 Å². The molecule has 0 unspecified atom stereocenters. The first-order valence-corrected chi connectivity index (χ1v) is 4.14. The number of pyridine rings is 1. The number of nitrogens with zero attached hydrogens (tertiary/aromatic N) is 1. The Kier molecular flexibility index (Phi) is 3.23. The number of anilines is 1. The molecule has 0 aliphatic heterocycles. The zero-order chi connectivity index (χ0) is 10.8. The van der Waals surface area contributed by atoms with Crippen LogP contribution in [0.3, 0.4) is 0 Å². The fraction of sp³-hybridized carbons (Fsp3) is 0.375. The zero-order valence-corrected chi connectivity index (χ0v) is 8.18. The van der Waals surface area contributed by atoms with Gasteiger partial charge in [0.05, 0.1) is 0 Å². The lowest BCUT2D eigenvalue weighted by Crippen LogP contribution is -2.20. The third kappa shape index (κ3) is 2.52. The van der Waals surface area contributed by atoms with Crippen LogP contribution in [0, 0.1) is 0 Å². The van der Waals surface area contributed by atoms with E-state index in [0.717, 1.165) is 12.1 Å². The van der Waals surface area contributed by atoms with Crippen LogP contribution in [-0.2, 0) is 10.7 Å². The molecule has 6 heteroatoms. The molecule has 1 aromatic heterocycles. The molecule has 0 atom stereocenters. The van der Waals surface area contributed by atoms with Crippen molar-refractivity contribution in [2.75, 3.05) is 19.5 Å². The second-order valence-corrected chi connectivity index (χ2v) is 3.13. The van der Waals surface area contributed by atoms with Gasteiger partial charge in [-0.05, 0) is 12.1 Å². The summed E-state index contributed by atoms with van der Waals surface area (Å²) in [7, 11) is 1.19. The molecule has 1 aromatic rings. The van der Waals surface area contributed by atoms with Crippen LogP contribution in [-0.4, -0.2) is 18.7 Å². The number of aromatic nitrogens is 1. The zero-order valence-electron chi connectivity index (χ0n) is 7.43. The highest BCUT2D eigenvalue weighted by atomic mass is 35.5. The predicted molar refractivity (Wildman–Crippen MR) is 49.4 cm³/mol. The van der Waals surface area contributed by atoms with Gasteiger partial charge in [0, 0.05) is 12.7 Å². The number of alkyl halides is 2. The lowest BCUT2D eigenvalue weighted by molar-refractivity contribution is -0.0697. The van der Waals surface area contributed by atoms with E-state index < -0.39 is 12.5 Å². The molecule has 1 rings (SSSR count). The minimum absolute atomic E-state index is 0.0386. The topological polar surface area (TPSA) is 48.1 Å². The number of methoxy groups -OCH3 is 1. The normalized spacial score (nSPS) is 11.7. The molecule has 0 fully saturated rings. The van der Waals surface area contributed by atoms with Gasteiger partial charge in [-0.25, -0.2) is 4.98 Å². The summed E-state index contributed by atoms with van der Waals surface area (Å²) in [5.41, 5.74) is 4.99. The average Bonchev–Trinajstić information content (AvgIpc) is 2.02. The van der Waals surface area contributed by atoms with Crippen molar-refractivity contribution >= 4 is 17.4 Å². The Bertz CT molecular complexity index is 313. The van der Waals surface area contributed by atoms with Crippen molar-refractivity contribution < 1.29 is 13.5 Å². The molecule has 0 amide bonds. The number of rotatable bonds is 3. The monoisotopic (exact) mass is 222 g/mol. The SMILES string of the molecule is COCC(F)(F)c1cc(N)nc(Cl)c1. The Hall–Kier alpha value is -0.940. The highest BCUT2D eigenvalue weighted by molar-refractivity contribution is 6.29. The first-order valence-electron chi connectivity index (χ1n) is 3.76. The fourth-order valence-electron chi connectivity index (χ4n) is 0.993. The third-order valence-electron chi connectivity index (χ3n) is 1.56. The van der Waals surface area contributed by atoms with Crippen molar-refractivity contribution in [2.45, 2.75) is 5.92 Å². The van der Waals surface area contributed by atoms with Crippen molar-refractivity contribution in [3.05, 3.63) is 22.8 Å². The maximum atomic E-state index is 13.2. The van der Waals surface area contributed by atoms with E-state index in [1.54, 1.807) is 0 Å². The minimum atomic E-state index is -3.10. The van der Waals surface area contributed by atoms with E-state index in [2.05, 4.69) is 9.72 Å². The van der Waals surface area contributed by atoms with Crippen LogP contribution < -0.4 is 5.73 Å². The van der Waals surface area contributed by atoms with Gasteiger partial charge in [0.25, 0.3) is 5.92 Å². The molecule has 0 saturated carbocycles. The van der Waals surface area contributed by atoms with Crippen molar-refractivity contribution in [2.24, 2.45) is 0 Å². The molecule has 0 saturated heterocycles. The Morgan fingerprint density at radius 1 is 1.57 bits per heavy atom. The quantitative estimate of drug-likeness (QED) is 0.797. The molecule has 0 aliphatic carbocycles. The number of hydrogen-bond acceptors (Lipinski definition) is 3. The molecule has 3 nitrogen and oxygen atoms in total. The maximum Gasteiger partial charge on any atom is 0.296 e. The lowest BCUT2D eigenvalue weighted by Gasteiger charge is -2.15. The molecule has 0 spiro atoms. The van der Waals surface area contributed by atoms with Gasteiger partial charge in [-0.15, -0.1) is 0 Å². The average molecular weight is 223 g/mol. The van der Waals surface area contributed by atoms with Gasteiger partial charge in [-0.3, -0.25) is 0 Å². The van der Waals surface area contributed by atoms with Gasteiger partial charge in [0.15, 0.2) is 0 Å². The van der Waals surface area contributed by atoms with Gasteiger partial charge in [0.2, 0.25) is 0 Å². The summed E-state index contributed by atoms with van der Waals surface area (Å²) in [4.78, 5) is 3.58. The lowest BCUT2D eigenvalue weighted by atomic mass is 10.1. The highest BCUT2D eigenvalue weighted by Crippen LogP contribution is 2.30. The molecule has 0 aromatic carbocycles. The van der Waals surface area contributed by atoms with E-state index in [0.29, 0.717) is 0 Å². The number of nitrogens with two attached hydrogens (primary N) is 1. The molecule has 78 valence electrons. The van der Waals surface area contributed by atoms with Crippen LogP contribution >= 0.6 is 11.6 Å². The van der Waals surface area contributed by atoms with Crippen molar-refractivity contribution in [3.8, 4) is 0 Å². The molecular formula is C8H9ClF2N2O.